The van der Waals surface area contributed by atoms with Gasteiger partial charge < -0.3 is 0 Å². The van der Waals surface area contributed by atoms with Crippen molar-refractivity contribution in [2.24, 2.45) is 0 Å². The maximum Gasteiger partial charge on any atom is 0.261 e. The van der Waals surface area contributed by atoms with Crippen LogP contribution in [0.25, 0.3) is 0 Å². The van der Waals surface area contributed by atoms with Gasteiger partial charge in [0.2, 0.25) is 0 Å². The average Bonchev–Trinajstić information content (AvgIpc) is 2.00. The molecule has 84 valence electrons. The molecule has 4 heteroatoms. The van der Waals surface area contributed by atoms with Gasteiger partial charge in [-0.25, -0.2) is 0 Å². The summed E-state index contributed by atoms with van der Waals surface area (Å²) in [6, 6.07) is 0. The monoisotopic (exact) mass is 222 g/mol. The highest BCUT2D eigenvalue weighted by molar-refractivity contribution is 7.62. The van der Waals surface area contributed by atoms with Crippen LogP contribution in [-0.4, -0.2) is 16.1 Å². The minimum Gasteiger partial charge on any atom is -0.298 e. The summed E-state index contributed by atoms with van der Waals surface area (Å²) >= 11 is 0. The number of carbonyl (C=O) groups excluding carboxylic acids is 1. The Morgan fingerprint density at radius 1 is 1.21 bits per heavy atom. The first kappa shape index (κ1) is 13.8. The molecule has 1 atom stereocenters. The maximum absolute atomic E-state index is 14.1. The number of Topliss-reactive ketones (excluding diaryl/α,β-unsaturated/α-hetero) is 1. The van der Waals surface area contributed by atoms with Gasteiger partial charge in [0.1, 0.15) is 10.9 Å². The smallest absolute Gasteiger partial charge is 0.261 e. The van der Waals surface area contributed by atoms with E-state index in [-0.39, 0.29) is 12.2 Å². The number of halogens is 1. The van der Waals surface area contributed by atoms with Gasteiger partial charge in [-0.1, -0.05) is 27.7 Å². The fraction of sp³-hybridized carbons (Fsp3) is 0.900. The second-order valence-electron chi connectivity index (χ2n) is 5.04. The molecule has 1 unspecified atom stereocenters. The molecule has 0 fully saturated rings. The summed E-state index contributed by atoms with van der Waals surface area (Å²) in [6.07, 6.45) is 0.219. The van der Waals surface area contributed by atoms with Gasteiger partial charge in [-0.3, -0.25) is 9.36 Å². The van der Waals surface area contributed by atoms with Crippen molar-refractivity contribution in [3.63, 3.8) is 0 Å². The van der Waals surface area contributed by atoms with Crippen LogP contribution in [0.5, 0.6) is 0 Å². The van der Waals surface area contributed by atoms with Crippen LogP contribution in [0.2, 0.25) is 0 Å². The lowest BCUT2D eigenvalue weighted by Gasteiger charge is -2.35. The molecule has 0 amide bonds. The van der Waals surface area contributed by atoms with E-state index in [2.05, 4.69) is 0 Å². The Morgan fingerprint density at radius 2 is 1.57 bits per heavy atom. The highest BCUT2D eigenvalue weighted by Gasteiger charge is 2.53. The third kappa shape index (κ3) is 2.08. The van der Waals surface area contributed by atoms with Gasteiger partial charge >= 0.3 is 0 Å². The molecule has 0 aromatic heterocycles. The third-order valence-electron chi connectivity index (χ3n) is 2.59. The highest BCUT2D eigenvalue weighted by atomic mass is 31.2. The molecule has 0 radical (unpaired) electrons. The van der Waals surface area contributed by atoms with Crippen molar-refractivity contribution in [1.29, 1.82) is 0 Å². The summed E-state index contributed by atoms with van der Waals surface area (Å²) in [5.74, 6) is -0.279. The lowest BCUT2D eigenvalue weighted by molar-refractivity contribution is -0.120. The topological polar surface area (TPSA) is 34.1 Å². The van der Waals surface area contributed by atoms with Gasteiger partial charge in [0.05, 0.1) is 0 Å². The fourth-order valence-electron chi connectivity index (χ4n) is 1.43. The Hall–Kier alpha value is -0.170. The Kier molecular flexibility index (Phi) is 3.72. The van der Waals surface area contributed by atoms with E-state index < -0.39 is 17.8 Å². The normalized spacial score (nSPS) is 17.6. The molecule has 0 N–H and O–H groups in total. The highest BCUT2D eigenvalue weighted by Crippen LogP contribution is 2.68. The van der Waals surface area contributed by atoms with Crippen LogP contribution in [0.4, 0.5) is 4.20 Å². The van der Waals surface area contributed by atoms with E-state index in [4.69, 9.17) is 0 Å². The number of hydrogen-bond acceptors (Lipinski definition) is 2. The van der Waals surface area contributed by atoms with E-state index in [1.807, 2.05) is 0 Å². The van der Waals surface area contributed by atoms with Crippen molar-refractivity contribution in [3.8, 4) is 0 Å². The maximum atomic E-state index is 14.1. The zero-order valence-corrected chi connectivity index (χ0v) is 10.7. The molecule has 0 saturated heterocycles. The molecule has 2 nitrogen and oxygen atoms in total. The summed E-state index contributed by atoms with van der Waals surface area (Å²) < 4.78 is 26.1. The second kappa shape index (κ2) is 3.77. The van der Waals surface area contributed by atoms with Crippen LogP contribution in [0, 0.1) is 0 Å². The molecular formula is C10H20FO2P. The number of carbonyl (C=O) groups is 1. The first-order valence-corrected chi connectivity index (χ1v) is 6.41. The van der Waals surface area contributed by atoms with Gasteiger partial charge in [-0.05, 0) is 13.8 Å². The molecule has 0 aliphatic carbocycles. The Labute approximate surface area is 85.8 Å². The first-order chi connectivity index (χ1) is 5.98. The van der Waals surface area contributed by atoms with Crippen LogP contribution in [0.1, 0.15) is 48.0 Å². The first-order valence-electron chi connectivity index (χ1n) is 4.81. The van der Waals surface area contributed by atoms with Crippen molar-refractivity contribution in [2.45, 2.75) is 58.3 Å². The minimum atomic E-state index is -4.00. The Bertz CT molecular complexity index is 276. The average molecular weight is 222 g/mol. The molecule has 0 aliphatic rings. The minimum absolute atomic E-state index is 0.219. The zero-order valence-electron chi connectivity index (χ0n) is 9.85. The molecule has 0 bridgehead atoms. The van der Waals surface area contributed by atoms with Crippen LogP contribution in [0.15, 0.2) is 0 Å². The number of rotatable bonds is 3. The van der Waals surface area contributed by atoms with E-state index in [1.165, 1.54) is 13.8 Å². The molecule has 0 spiro atoms. The van der Waals surface area contributed by atoms with Crippen LogP contribution in [-0.2, 0) is 9.36 Å². The van der Waals surface area contributed by atoms with Crippen molar-refractivity contribution < 1.29 is 13.6 Å². The van der Waals surface area contributed by atoms with Crippen LogP contribution >= 0.6 is 7.45 Å². The molecule has 0 heterocycles. The van der Waals surface area contributed by atoms with Gasteiger partial charge in [0.25, 0.3) is 7.45 Å². The van der Waals surface area contributed by atoms with Gasteiger partial charge in [0.15, 0.2) is 0 Å². The zero-order chi connectivity index (χ0) is 11.8. The standard InChI is InChI=1S/C10H20FO2P/c1-7-8(12)10(5,6)14(11,13)9(2,3)4/h7H2,1-6H3. The van der Waals surface area contributed by atoms with E-state index in [0.29, 0.717) is 0 Å². The SMILES string of the molecule is CCC(=O)C(C)(C)P(=O)(F)C(C)(C)C. The van der Waals surface area contributed by atoms with Crippen molar-refractivity contribution >= 4 is 13.2 Å². The molecule has 0 aromatic rings. The number of ketones is 1. The van der Waals surface area contributed by atoms with E-state index in [1.54, 1.807) is 27.7 Å². The fourth-order valence-corrected chi connectivity index (χ4v) is 3.59. The summed E-state index contributed by atoms with van der Waals surface area (Å²) in [5.41, 5.74) is 0. The van der Waals surface area contributed by atoms with Crippen molar-refractivity contribution in [3.05, 3.63) is 0 Å². The Morgan fingerprint density at radius 3 is 1.79 bits per heavy atom. The molecule has 14 heavy (non-hydrogen) atoms. The second-order valence-corrected chi connectivity index (χ2v) is 8.56. The van der Waals surface area contributed by atoms with E-state index in [0.717, 1.165) is 0 Å². The predicted molar refractivity (Wildman–Crippen MR) is 57.8 cm³/mol. The molecule has 0 saturated carbocycles. The quantitative estimate of drug-likeness (QED) is 0.681. The van der Waals surface area contributed by atoms with Gasteiger partial charge in [-0.15, -0.1) is 0 Å². The summed E-state index contributed by atoms with van der Waals surface area (Å²) in [4.78, 5) is 11.5. The summed E-state index contributed by atoms with van der Waals surface area (Å²) in [5, 5.41) is -2.33. The molecule has 0 aromatic carbocycles. The largest absolute Gasteiger partial charge is 0.298 e. The Balaban J connectivity index is 5.30. The van der Waals surface area contributed by atoms with Crippen LogP contribution < -0.4 is 0 Å². The van der Waals surface area contributed by atoms with Crippen molar-refractivity contribution in [1.82, 2.24) is 0 Å². The molecular weight excluding hydrogens is 202 g/mol. The third-order valence-corrected chi connectivity index (χ3v) is 6.00. The molecule has 0 aliphatic heterocycles. The summed E-state index contributed by atoms with van der Waals surface area (Å²) in [7, 11) is -4.00. The lowest BCUT2D eigenvalue weighted by Crippen LogP contribution is -2.36. The molecule has 0 rings (SSSR count). The van der Waals surface area contributed by atoms with Crippen LogP contribution in [0.3, 0.4) is 0 Å². The van der Waals surface area contributed by atoms with E-state index >= 15 is 0 Å². The predicted octanol–water partition coefficient (Wildman–Crippen LogP) is 3.79. The lowest BCUT2D eigenvalue weighted by atomic mass is 10.1. The van der Waals surface area contributed by atoms with E-state index in [9.17, 15) is 13.6 Å². The summed E-state index contributed by atoms with van der Waals surface area (Å²) in [6.45, 7) is 9.23. The number of hydrogen-bond donors (Lipinski definition) is 0. The van der Waals surface area contributed by atoms with Gasteiger partial charge in [-0.2, -0.15) is 4.20 Å². The van der Waals surface area contributed by atoms with Crippen molar-refractivity contribution in [2.75, 3.05) is 0 Å². The van der Waals surface area contributed by atoms with Gasteiger partial charge in [0, 0.05) is 11.6 Å².